The maximum atomic E-state index is 13.7. The fourth-order valence-corrected chi connectivity index (χ4v) is 4.29. The van der Waals surface area contributed by atoms with Gasteiger partial charge in [0.2, 0.25) is 0 Å². The lowest BCUT2D eigenvalue weighted by Crippen LogP contribution is -2.33. The first-order chi connectivity index (χ1) is 10.2. The van der Waals surface area contributed by atoms with Gasteiger partial charge in [-0.2, -0.15) is 0 Å². The molecule has 0 aromatic heterocycles. The van der Waals surface area contributed by atoms with Gasteiger partial charge < -0.3 is 5.32 Å². The fourth-order valence-electron chi connectivity index (χ4n) is 3.86. The van der Waals surface area contributed by atoms with E-state index in [1.54, 1.807) is 0 Å². The molecule has 0 heterocycles. The highest BCUT2D eigenvalue weighted by Gasteiger charge is 2.30. The van der Waals surface area contributed by atoms with Crippen LogP contribution in [0.15, 0.2) is 22.7 Å². The Balaban J connectivity index is 2.09. The topological polar surface area (TPSA) is 12.0 Å². The van der Waals surface area contributed by atoms with E-state index in [1.807, 2.05) is 13.1 Å². The lowest BCUT2D eigenvalue weighted by molar-refractivity contribution is 0.169. The largest absolute Gasteiger partial charge is 0.319 e. The molecule has 0 radical (unpaired) electrons. The molecule has 3 heteroatoms. The van der Waals surface area contributed by atoms with E-state index in [9.17, 15) is 4.39 Å². The molecule has 1 aliphatic carbocycles. The van der Waals surface area contributed by atoms with Crippen LogP contribution in [-0.4, -0.2) is 13.6 Å². The smallest absolute Gasteiger partial charge is 0.137 e. The maximum Gasteiger partial charge on any atom is 0.137 e. The van der Waals surface area contributed by atoms with Gasteiger partial charge in [0.15, 0.2) is 0 Å². The van der Waals surface area contributed by atoms with Crippen molar-refractivity contribution < 1.29 is 4.39 Å². The molecule has 1 saturated carbocycles. The molecule has 2 rings (SSSR count). The number of hydrogen-bond acceptors (Lipinski definition) is 1. The molecule has 0 aliphatic heterocycles. The summed E-state index contributed by atoms with van der Waals surface area (Å²) in [6, 6.07) is 5.42. The molecule has 0 bridgehead atoms. The molecule has 3 atom stereocenters. The summed E-state index contributed by atoms with van der Waals surface area (Å²) in [4.78, 5) is 0. The highest BCUT2D eigenvalue weighted by molar-refractivity contribution is 9.10. The summed E-state index contributed by atoms with van der Waals surface area (Å²) in [5.41, 5.74) is 1.12. The first-order valence-corrected chi connectivity index (χ1v) is 9.02. The highest BCUT2D eigenvalue weighted by Crippen LogP contribution is 2.38. The summed E-state index contributed by atoms with van der Waals surface area (Å²) in [6.45, 7) is 3.36. The zero-order chi connectivity index (χ0) is 15.2. The molecule has 21 heavy (non-hydrogen) atoms. The number of rotatable bonds is 6. The minimum Gasteiger partial charge on any atom is -0.319 e. The van der Waals surface area contributed by atoms with Crippen molar-refractivity contribution in [1.29, 1.82) is 0 Å². The van der Waals surface area contributed by atoms with Gasteiger partial charge in [0.1, 0.15) is 5.82 Å². The Kier molecular flexibility index (Phi) is 6.69. The van der Waals surface area contributed by atoms with Crippen LogP contribution in [0, 0.1) is 23.6 Å². The van der Waals surface area contributed by atoms with Crippen LogP contribution in [0.4, 0.5) is 4.39 Å². The van der Waals surface area contributed by atoms with Crippen LogP contribution in [0.1, 0.15) is 44.6 Å². The quantitative estimate of drug-likeness (QED) is 0.740. The SMILES string of the molecule is CCCC1CCC(CNC)C(Cc2cccc(F)c2Br)C1. The van der Waals surface area contributed by atoms with E-state index in [0.29, 0.717) is 10.4 Å². The Labute approximate surface area is 136 Å². The monoisotopic (exact) mass is 355 g/mol. The second-order valence-electron chi connectivity index (χ2n) is 6.46. The Hall–Kier alpha value is -0.410. The van der Waals surface area contributed by atoms with Crippen LogP contribution in [0.2, 0.25) is 0 Å². The fraction of sp³-hybridized carbons (Fsp3) is 0.667. The zero-order valence-electron chi connectivity index (χ0n) is 13.2. The normalized spacial score (nSPS) is 26.0. The number of halogens is 2. The van der Waals surface area contributed by atoms with Gasteiger partial charge in [0.25, 0.3) is 0 Å². The molecule has 0 spiro atoms. The summed E-state index contributed by atoms with van der Waals surface area (Å²) in [6.07, 6.45) is 7.57. The second kappa shape index (κ2) is 8.28. The third-order valence-corrected chi connectivity index (χ3v) is 5.81. The van der Waals surface area contributed by atoms with Crippen molar-refractivity contribution in [1.82, 2.24) is 5.32 Å². The molecule has 1 aromatic carbocycles. The van der Waals surface area contributed by atoms with E-state index in [4.69, 9.17) is 0 Å². The van der Waals surface area contributed by atoms with Crippen molar-refractivity contribution in [3.05, 3.63) is 34.1 Å². The van der Waals surface area contributed by atoms with E-state index in [2.05, 4.69) is 34.2 Å². The van der Waals surface area contributed by atoms with Gasteiger partial charge in [0, 0.05) is 0 Å². The van der Waals surface area contributed by atoms with Crippen molar-refractivity contribution in [3.8, 4) is 0 Å². The van der Waals surface area contributed by atoms with Crippen molar-refractivity contribution in [2.75, 3.05) is 13.6 Å². The van der Waals surface area contributed by atoms with Gasteiger partial charge in [-0.1, -0.05) is 38.3 Å². The first kappa shape index (κ1) is 17.0. The first-order valence-electron chi connectivity index (χ1n) is 8.23. The maximum absolute atomic E-state index is 13.7. The Morgan fingerprint density at radius 1 is 1.29 bits per heavy atom. The molecule has 0 amide bonds. The van der Waals surface area contributed by atoms with Crippen LogP contribution >= 0.6 is 15.9 Å². The molecule has 1 fully saturated rings. The number of hydrogen-bond donors (Lipinski definition) is 1. The van der Waals surface area contributed by atoms with E-state index < -0.39 is 0 Å². The van der Waals surface area contributed by atoms with Crippen molar-refractivity contribution in [2.24, 2.45) is 17.8 Å². The molecule has 1 aromatic rings. The van der Waals surface area contributed by atoms with E-state index >= 15 is 0 Å². The van der Waals surface area contributed by atoms with Crippen LogP contribution in [-0.2, 0) is 6.42 Å². The van der Waals surface area contributed by atoms with Crippen molar-refractivity contribution >= 4 is 15.9 Å². The van der Waals surface area contributed by atoms with E-state index in [0.717, 1.165) is 30.4 Å². The van der Waals surface area contributed by atoms with Gasteiger partial charge >= 0.3 is 0 Å². The van der Waals surface area contributed by atoms with Gasteiger partial charge in [-0.3, -0.25) is 0 Å². The van der Waals surface area contributed by atoms with Crippen LogP contribution < -0.4 is 5.32 Å². The third kappa shape index (κ3) is 4.53. The number of benzene rings is 1. The number of nitrogens with one attached hydrogen (secondary N) is 1. The van der Waals surface area contributed by atoms with Crippen LogP contribution in [0.25, 0.3) is 0 Å². The summed E-state index contributed by atoms with van der Waals surface area (Å²) < 4.78 is 14.4. The molecule has 1 aliphatic rings. The molecule has 118 valence electrons. The van der Waals surface area contributed by atoms with Gasteiger partial charge in [-0.15, -0.1) is 0 Å². The van der Waals surface area contributed by atoms with E-state index in [-0.39, 0.29) is 5.82 Å². The van der Waals surface area contributed by atoms with Gasteiger partial charge in [-0.25, -0.2) is 4.39 Å². The minimum absolute atomic E-state index is 0.140. The average Bonchev–Trinajstić information content (AvgIpc) is 2.47. The van der Waals surface area contributed by atoms with E-state index in [1.165, 1.54) is 38.2 Å². The predicted octanol–water partition coefficient (Wildman–Crippen LogP) is 5.18. The van der Waals surface area contributed by atoms with Crippen molar-refractivity contribution in [3.63, 3.8) is 0 Å². The van der Waals surface area contributed by atoms with Crippen molar-refractivity contribution in [2.45, 2.75) is 45.4 Å². The Morgan fingerprint density at radius 3 is 2.81 bits per heavy atom. The Morgan fingerprint density at radius 2 is 2.10 bits per heavy atom. The molecule has 3 unspecified atom stereocenters. The molecule has 0 saturated heterocycles. The summed E-state index contributed by atoms with van der Waals surface area (Å²) in [5, 5.41) is 3.34. The molecule has 1 N–H and O–H groups in total. The highest BCUT2D eigenvalue weighted by atomic mass is 79.9. The summed E-state index contributed by atoms with van der Waals surface area (Å²) >= 11 is 3.42. The van der Waals surface area contributed by atoms with Gasteiger partial charge in [-0.05, 0) is 78.2 Å². The standard InChI is InChI=1S/C18H27BrFN/c1-3-5-13-8-9-15(12-21-2)16(10-13)11-14-6-4-7-17(20)18(14)19/h4,6-7,13,15-16,21H,3,5,8-12H2,1-2H3. The third-order valence-electron chi connectivity index (χ3n) is 4.93. The lowest BCUT2D eigenvalue weighted by atomic mass is 9.70. The average molecular weight is 356 g/mol. The summed E-state index contributed by atoms with van der Waals surface area (Å²) in [5.74, 6) is 2.11. The molecular weight excluding hydrogens is 329 g/mol. The van der Waals surface area contributed by atoms with Gasteiger partial charge in [0.05, 0.1) is 4.47 Å². The minimum atomic E-state index is -0.140. The molecular formula is C18H27BrFN. The molecule has 1 nitrogen and oxygen atoms in total. The summed E-state index contributed by atoms with van der Waals surface area (Å²) in [7, 11) is 2.04. The zero-order valence-corrected chi connectivity index (χ0v) is 14.8. The second-order valence-corrected chi connectivity index (χ2v) is 7.26. The van der Waals surface area contributed by atoms with Crippen LogP contribution in [0.3, 0.4) is 0 Å². The predicted molar refractivity (Wildman–Crippen MR) is 91.0 cm³/mol. The van der Waals surface area contributed by atoms with Crippen LogP contribution in [0.5, 0.6) is 0 Å². The Bertz CT molecular complexity index is 449. The lowest BCUT2D eigenvalue weighted by Gasteiger charge is -2.36.